The normalized spacial score (nSPS) is 30.8. The molecule has 1 heterocycles. The molecule has 0 spiro atoms. The van der Waals surface area contributed by atoms with Crippen LogP contribution >= 0.6 is 0 Å². The molecule has 112 valence electrons. The highest BCUT2D eigenvalue weighted by Gasteiger charge is 2.32. The fraction of sp³-hybridized carbons (Fsp3) is 1.00. The number of likely N-dealkylation sites (N-methyl/N-ethyl adjacent to an activating group) is 1. The average molecular weight is 267 g/mol. The first-order chi connectivity index (χ1) is 8.99. The van der Waals surface area contributed by atoms with Gasteiger partial charge >= 0.3 is 0 Å². The monoisotopic (exact) mass is 267 g/mol. The van der Waals surface area contributed by atoms with E-state index >= 15 is 0 Å². The Morgan fingerprint density at radius 1 is 1.21 bits per heavy atom. The molecule has 19 heavy (non-hydrogen) atoms. The molecule has 1 aliphatic carbocycles. The van der Waals surface area contributed by atoms with Crippen LogP contribution in [-0.2, 0) is 0 Å². The van der Waals surface area contributed by atoms with Crippen LogP contribution in [0.25, 0.3) is 0 Å². The molecule has 3 nitrogen and oxygen atoms in total. The summed E-state index contributed by atoms with van der Waals surface area (Å²) in [6.45, 7) is 13.1. The van der Waals surface area contributed by atoms with E-state index < -0.39 is 0 Å². The van der Waals surface area contributed by atoms with Gasteiger partial charge in [-0.1, -0.05) is 19.8 Å². The van der Waals surface area contributed by atoms with Crippen LogP contribution in [0.4, 0.5) is 0 Å². The van der Waals surface area contributed by atoms with Crippen molar-refractivity contribution in [3.63, 3.8) is 0 Å². The fourth-order valence-electron chi connectivity index (χ4n) is 3.91. The Balaban J connectivity index is 1.87. The maximum absolute atomic E-state index is 3.45. The predicted octanol–water partition coefficient (Wildman–Crippen LogP) is 2.18. The second kappa shape index (κ2) is 6.55. The molecule has 0 bridgehead atoms. The number of nitrogens with one attached hydrogen (secondary N) is 1. The first kappa shape index (κ1) is 15.3. The van der Waals surface area contributed by atoms with Crippen LogP contribution < -0.4 is 5.32 Å². The molecular formula is C16H33N3. The predicted molar refractivity (Wildman–Crippen MR) is 82.6 cm³/mol. The molecule has 1 saturated carbocycles. The third-order valence-electron chi connectivity index (χ3n) is 5.14. The largest absolute Gasteiger partial charge is 0.314 e. The summed E-state index contributed by atoms with van der Waals surface area (Å²) in [5, 5.41) is 3.45. The van der Waals surface area contributed by atoms with Crippen LogP contribution in [-0.4, -0.2) is 61.2 Å². The van der Waals surface area contributed by atoms with Crippen molar-refractivity contribution in [1.82, 2.24) is 15.1 Å². The number of nitrogens with zero attached hydrogens (tertiary/aromatic N) is 2. The second-order valence-corrected chi connectivity index (χ2v) is 7.39. The molecule has 3 heteroatoms. The Hall–Kier alpha value is -0.120. The van der Waals surface area contributed by atoms with Crippen molar-refractivity contribution in [3.8, 4) is 0 Å². The van der Waals surface area contributed by atoms with E-state index in [-0.39, 0.29) is 0 Å². The highest BCUT2D eigenvalue weighted by atomic mass is 15.3. The van der Waals surface area contributed by atoms with Crippen molar-refractivity contribution in [2.45, 2.75) is 58.0 Å². The van der Waals surface area contributed by atoms with Crippen LogP contribution in [0, 0.1) is 5.92 Å². The van der Waals surface area contributed by atoms with E-state index in [1.54, 1.807) is 0 Å². The molecule has 2 aliphatic rings. The molecule has 2 fully saturated rings. The first-order valence-corrected chi connectivity index (χ1v) is 8.15. The quantitative estimate of drug-likeness (QED) is 0.842. The minimum absolute atomic E-state index is 0.303. The Labute approximate surface area is 119 Å². The smallest absolute Gasteiger partial charge is 0.0281 e. The summed E-state index contributed by atoms with van der Waals surface area (Å²) in [6.07, 6.45) is 5.66. The molecular weight excluding hydrogens is 234 g/mol. The zero-order chi connectivity index (χ0) is 13.9. The Kier molecular flexibility index (Phi) is 5.27. The Bertz CT molecular complexity index is 271. The summed E-state index contributed by atoms with van der Waals surface area (Å²) >= 11 is 0. The number of hydrogen-bond acceptors (Lipinski definition) is 3. The zero-order valence-electron chi connectivity index (χ0n) is 13.4. The lowest BCUT2D eigenvalue weighted by Gasteiger charge is -2.45. The molecule has 1 saturated heterocycles. The van der Waals surface area contributed by atoms with E-state index in [4.69, 9.17) is 0 Å². The second-order valence-electron chi connectivity index (χ2n) is 7.39. The van der Waals surface area contributed by atoms with Gasteiger partial charge in [-0.15, -0.1) is 0 Å². The highest BCUT2D eigenvalue weighted by molar-refractivity contribution is 4.89. The fourth-order valence-corrected chi connectivity index (χ4v) is 3.91. The third kappa shape index (κ3) is 4.17. The van der Waals surface area contributed by atoms with Crippen LogP contribution in [0.15, 0.2) is 0 Å². The van der Waals surface area contributed by atoms with Crippen LogP contribution in [0.2, 0.25) is 0 Å². The highest BCUT2D eigenvalue weighted by Crippen LogP contribution is 2.28. The van der Waals surface area contributed by atoms with E-state index in [0.717, 1.165) is 25.0 Å². The van der Waals surface area contributed by atoms with Gasteiger partial charge in [0.15, 0.2) is 0 Å². The molecule has 0 amide bonds. The van der Waals surface area contributed by atoms with Gasteiger partial charge in [0.1, 0.15) is 0 Å². The van der Waals surface area contributed by atoms with Gasteiger partial charge in [0.25, 0.3) is 0 Å². The lowest BCUT2D eigenvalue weighted by Crippen LogP contribution is -2.58. The summed E-state index contributed by atoms with van der Waals surface area (Å²) in [5.74, 6) is 0.920. The lowest BCUT2D eigenvalue weighted by atomic mass is 9.85. The van der Waals surface area contributed by atoms with Crippen molar-refractivity contribution in [3.05, 3.63) is 0 Å². The average Bonchev–Trinajstić information content (AvgIpc) is 2.39. The summed E-state index contributed by atoms with van der Waals surface area (Å²) in [4.78, 5) is 5.30. The summed E-state index contributed by atoms with van der Waals surface area (Å²) in [7, 11) is 2.34. The standard InChI is InChI=1S/C16H33N3/c1-14-6-5-7-15(12-14)18(4)13-16(2,3)19-10-8-17-9-11-19/h14-15,17H,5-13H2,1-4H3. The van der Waals surface area contributed by atoms with Gasteiger partial charge in [-0.2, -0.15) is 0 Å². The van der Waals surface area contributed by atoms with Crippen molar-refractivity contribution in [1.29, 1.82) is 0 Å². The van der Waals surface area contributed by atoms with Crippen molar-refractivity contribution < 1.29 is 0 Å². The first-order valence-electron chi connectivity index (χ1n) is 8.15. The van der Waals surface area contributed by atoms with Gasteiger partial charge < -0.3 is 10.2 Å². The summed E-state index contributed by atoms with van der Waals surface area (Å²) in [5.41, 5.74) is 0.303. The van der Waals surface area contributed by atoms with Gasteiger partial charge in [0.2, 0.25) is 0 Å². The van der Waals surface area contributed by atoms with E-state index in [1.165, 1.54) is 45.3 Å². The Morgan fingerprint density at radius 3 is 2.53 bits per heavy atom. The number of rotatable bonds is 4. The maximum Gasteiger partial charge on any atom is 0.0281 e. The SMILES string of the molecule is CC1CCCC(N(C)CC(C)(C)N2CCNCC2)C1. The summed E-state index contributed by atoms with van der Waals surface area (Å²) in [6, 6.07) is 0.811. The van der Waals surface area contributed by atoms with Crippen LogP contribution in [0.1, 0.15) is 46.5 Å². The van der Waals surface area contributed by atoms with E-state index in [1.807, 2.05) is 0 Å². The maximum atomic E-state index is 3.45. The molecule has 2 atom stereocenters. The topological polar surface area (TPSA) is 18.5 Å². The number of piperazine rings is 1. The third-order valence-corrected chi connectivity index (χ3v) is 5.14. The van der Waals surface area contributed by atoms with E-state index in [2.05, 4.69) is 42.9 Å². The van der Waals surface area contributed by atoms with Crippen LogP contribution in [0.5, 0.6) is 0 Å². The van der Waals surface area contributed by atoms with Gasteiger partial charge in [-0.05, 0) is 39.7 Å². The molecule has 0 radical (unpaired) electrons. The van der Waals surface area contributed by atoms with Crippen molar-refractivity contribution in [2.75, 3.05) is 39.8 Å². The lowest BCUT2D eigenvalue weighted by molar-refractivity contribution is 0.0466. The molecule has 2 unspecified atom stereocenters. The molecule has 2 rings (SSSR count). The molecule has 1 aliphatic heterocycles. The van der Waals surface area contributed by atoms with Crippen LogP contribution in [0.3, 0.4) is 0 Å². The van der Waals surface area contributed by atoms with Crippen molar-refractivity contribution >= 4 is 0 Å². The molecule has 1 N–H and O–H groups in total. The van der Waals surface area contributed by atoms with Gasteiger partial charge in [-0.3, -0.25) is 4.90 Å². The molecule has 0 aromatic heterocycles. The van der Waals surface area contributed by atoms with Gasteiger partial charge in [0.05, 0.1) is 0 Å². The van der Waals surface area contributed by atoms with Gasteiger partial charge in [-0.25, -0.2) is 0 Å². The molecule has 0 aromatic rings. The summed E-state index contributed by atoms with van der Waals surface area (Å²) < 4.78 is 0. The number of hydrogen-bond donors (Lipinski definition) is 1. The van der Waals surface area contributed by atoms with Gasteiger partial charge in [0, 0.05) is 44.3 Å². The zero-order valence-corrected chi connectivity index (χ0v) is 13.4. The van der Waals surface area contributed by atoms with E-state index in [9.17, 15) is 0 Å². The van der Waals surface area contributed by atoms with E-state index in [0.29, 0.717) is 5.54 Å². The minimum Gasteiger partial charge on any atom is -0.314 e. The minimum atomic E-state index is 0.303. The van der Waals surface area contributed by atoms with Crippen molar-refractivity contribution in [2.24, 2.45) is 5.92 Å². The Morgan fingerprint density at radius 2 is 1.89 bits per heavy atom. The molecule has 0 aromatic carbocycles.